The van der Waals surface area contributed by atoms with Crippen LogP contribution in [0, 0.1) is 0 Å². The number of aliphatic hydroxyl groups is 1. The Morgan fingerprint density at radius 1 is 1.31 bits per heavy atom. The number of carbonyl (C=O) groups excluding carboxylic acids is 1. The fraction of sp³-hybridized carbons (Fsp3) is 0.750. The number of ether oxygens (including phenoxy) is 2. The lowest BCUT2D eigenvalue weighted by Gasteiger charge is -2.38. The second-order valence-corrected chi connectivity index (χ2v) is 7.14. The van der Waals surface area contributed by atoms with E-state index in [1.54, 1.807) is 0 Å². The molecular formula is C16H19F6N3O4. The summed E-state index contributed by atoms with van der Waals surface area (Å²) in [5, 5.41) is 12.5. The van der Waals surface area contributed by atoms with Gasteiger partial charge in [0.05, 0.1) is 36.6 Å². The van der Waals surface area contributed by atoms with Gasteiger partial charge in [0.1, 0.15) is 0 Å². The molecule has 1 aromatic rings. The van der Waals surface area contributed by atoms with Crippen LogP contribution in [-0.4, -0.2) is 70.1 Å². The Balaban J connectivity index is 1.55. The van der Waals surface area contributed by atoms with Crippen LogP contribution in [-0.2, 0) is 15.7 Å². The number of alkyl halides is 6. The van der Waals surface area contributed by atoms with Gasteiger partial charge in [0, 0.05) is 25.7 Å². The highest BCUT2D eigenvalue weighted by Crippen LogP contribution is 2.41. The Bertz CT molecular complexity index is 727. The third-order valence-electron chi connectivity index (χ3n) is 5.20. The van der Waals surface area contributed by atoms with Gasteiger partial charge in [-0.3, -0.25) is 4.68 Å². The fourth-order valence-electron chi connectivity index (χ4n) is 3.52. The molecule has 0 aromatic carbocycles. The smallest absolute Gasteiger partial charge is 0.427 e. The van der Waals surface area contributed by atoms with E-state index in [0.29, 0.717) is 19.3 Å². The number of likely N-dealkylation sites (tertiary alicyclic amines) is 1. The maximum absolute atomic E-state index is 12.7. The molecule has 0 bridgehead atoms. The topological polar surface area (TPSA) is 76.8 Å². The molecule has 2 fully saturated rings. The van der Waals surface area contributed by atoms with E-state index < -0.39 is 48.4 Å². The quantitative estimate of drug-likeness (QED) is 0.745. The lowest BCUT2D eigenvalue weighted by molar-refractivity contribution is -0.215. The molecule has 0 saturated carbocycles. The Kier molecular flexibility index (Phi) is 5.73. The molecule has 1 spiro atoms. The molecule has 164 valence electrons. The average Bonchev–Trinajstić information content (AvgIpc) is 3.26. The van der Waals surface area contributed by atoms with Gasteiger partial charge in [0.25, 0.3) is 0 Å². The second kappa shape index (κ2) is 7.67. The Hall–Kier alpha value is -2.02. The summed E-state index contributed by atoms with van der Waals surface area (Å²) in [5.41, 5.74) is -1.55. The normalized spacial score (nSPS) is 23.4. The molecule has 7 nitrogen and oxygen atoms in total. The maximum atomic E-state index is 12.7. The van der Waals surface area contributed by atoms with Crippen LogP contribution < -0.4 is 0 Å². The van der Waals surface area contributed by atoms with Crippen LogP contribution in [0.2, 0.25) is 0 Å². The van der Waals surface area contributed by atoms with Gasteiger partial charge in [0.2, 0.25) is 6.10 Å². The van der Waals surface area contributed by atoms with Gasteiger partial charge < -0.3 is 19.5 Å². The van der Waals surface area contributed by atoms with Gasteiger partial charge in [-0.05, 0) is 12.8 Å². The first kappa shape index (κ1) is 21.7. The summed E-state index contributed by atoms with van der Waals surface area (Å²) in [6.45, 7) is -1.10. The monoisotopic (exact) mass is 431 g/mol. The standard InChI is InChI=1S/C16H19F6N3O4/c17-15(18,19)10-6-23-25(7-10)11-5-14(28-9-11)1-3-24(4-2-14)13(27)29-12(8-26)16(20,21)22/h6-7,11-12,26H,1-5,8-9H2/t11?,12-/m1/s1. The van der Waals surface area contributed by atoms with Crippen molar-refractivity contribution in [2.24, 2.45) is 0 Å². The molecule has 2 aliphatic rings. The van der Waals surface area contributed by atoms with Gasteiger partial charge in [-0.2, -0.15) is 31.4 Å². The first-order valence-electron chi connectivity index (χ1n) is 8.82. The Morgan fingerprint density at radius 3 is 2.48 bits per heavy atom. The average molecular weight is 431 g/mol. The molecule has 1 unspecified atom stereocenters. The summed E-state index contributed by atoms with van der Waals surface area (Å²) < 4.78 is 87.3. The highest BCUT2D eigenvalue weighted by molar-refractivity contribution is 5.68. The van der Waals surface area contributed by atoms with Crippen LogP contribution in [0.1, 0.15) is 30.9 Å². The van der Waals surface area contributed by atoms with Crippen molar-refractivity contribution < 1.29 is 45.7 Å². The van der Waals surface area contributed by atoms with Crippen LogP contribution in [0.4, 0.5) is 31.1 Å². The molecule has 0 aliphatic carbocycles. The molecule has 29 heavy (non-hydrogen) atoms. The molecule has 1 N–H and O–H groups in total. The largest absolute Gasteiger partial charge is 0.434 e. The predicted molar refractivity (Wildman–Crippen MR) is 83.8 cm³/mol. The zero-order valence-electron chi connectivity index (χ0n) is 15.0. The second-order valence-electron chi connectivity index (χ2n) is 7.14. The number of rotatable bonds is 3. The lowest BCUT2D eigenvalue weighted by Crippen LogP contribution is -2.49. The van der Waals surface area contributed by atoms with Gasteiger partial charge in [0.15, 0.2) is 0 Å². The van der Waals surface area contributed by atoms with Crippen molar-refractivity contribution in [3.05, 3.63) is 18.0 Å². The van der Waals surface area contributed by atoms with Crippen LogP contribution in [0.3, 0.4) is 0 Å². The van der Waals surface area contributed by atoms with Crippen molar-refractivity contribution in [3.63, 3.8) is 0 Å². The minimum Gasteiger partial charge on any atom is -0.434 e. The number of hydrogen-bond acceptors (Lipinski definition) is 5. The summed E-state index contributed by atoms with van der Waals surface area (Å²) in [4.78, 5) is 13.0. The number of nitrogens with zero attached hydrogens (tertiary/aromatic N) is 3. The van der Waals surface area contributed by atoms with Crippen molar-refractivity contribution in [2.75, 3.05) is 26.3 Å². The van der Waals surface area contributed by atoms with Crippen LogP contribution in [0.25, 0.3) is 0 Å². The number of carbonyl (C=O) groups is 1. The van der Waals surface area contributed by atoms with E-state index in [1.165, 1.54) is 4.68 Å². The number of halogens is 6. The first-order valence-corrected chi connectivity index (χ1v) is 8.82. The van der Waals surface area contributed by atoms with E-state index >= 15 is 0 Å². The summed E-state index contributed by atoms with van der Waals surface area (Å²) >= 11 is 0. The number of hydrogen-bond donors (Lipinski definition) is 1. The van der Waals surface area contributed by atoms with E-state index in [1.807, 2.05) is 0 Å². The summed E-state index contributed by atoms with van der Waals surface area (Å²) in [6.07, 6.45) is -10.5. The van der Waals surface area contributed by atoms with Gasteiger partial charge >= 0.3 is 18.4 Å². The van der Waals surface area contributed by atoms with Crippen molar-refractivity contribution in [1.82, 2.24) is 14.7 Å². The summed E-state index contributed by atoms with van der Waals surface area (Å²) in [6, 6.07) is -0.409. The minimum atomic E-state index is -4.87. The molecule has 1 aromatic heterocycles. The van der Waals surface area contributed by atoms with E-state index in [9.17, 15) is 31.1 Å². The lowest BCUT2D eigenvalue weighted by atomic mass is 9.87. The molecule has 2 atom stereocenters. The van der Waals surface area contributed by atoms with Gasteiger partial charge in [-0.15, -0.1) is 0 Å². The SMILES string of the molecule is O=C(O[C@H](CO)C(F)(F)F)N1CCC2(CC1)CC(n1cc(C(F)(F)F)cn1)CO2. The van der Waals surface area contributed by atoms with Crippen LogP contribution in [0.15, 0.2) is 12.4 Å². The molecule has 13 heteroatoms. The van der Waals surface area contributed by atoms with Crippen molar-refractivity contribution >= 4 is 6.09 Å². The van der Waals surface area contributed by atoms with Crippen molar-refractivity contribution in [3.8, 4) is 0 Å². The number of aromatic nitrogens is 2. The molecule has 3 rings (SSSR count). The highest BCUT2D eigenvalue weighted by atomic mass is 19.4. The van der Waals surface area contributed by atoms with Crippen LogP contribution in [0.5, 0.6) is 0 Å². The minimum absolute atomic E-state index is 0.0640. The number of aliphatic hydroxyl groups excluding tert-OH is 1. The fourth-order valence-corrected chi connectivity index (χ4v) is 3.52. The van der Waals surface area contributed by atoms with E-state index in [4.69, 9.17) is 9.84 Å². The third kappa shape index (κ3) is 4.77. The van der Waals surface area contributed by atoms with Crippen LogP contribution >= 0.6 is 0 Å². The molecular weight excluding hydrogens is 412 g/mol. The zero-order chi connectivity index (χ0) is 21.4. The van der Waals surface area contributed by atoms with Gasteiger partial charge in [-0.1, -0.05) is 0 Å². The Morgan fingerprint density at radius 2 is 1.97 bits per heavy atom. The van der Waals surface area contributed by atoms with Gasteiger partial charge in [-0.25, -0.2) is 4.79 Å². The highest BCUT2D eigenvalue weighted by Gasteiger charge is 2.47. The maximum Gasteiger partial charge on any atom is 0.427 e. The molecule has 1 amide bonds. The predicted octanol–water partition coefficient (Wildman–Crippen LogP) is 2.76. The molecule has 0 radical (unpaired) electrons. The third-order valence-corrected chi connectivity index (χ3v) is 5.20. The van der Waals surface area contributed by atoms with E-state index in [0.717, 1.165) is 17.3 Å². The van der Waals surface area contributed by atoms with E-state index in [-0.39, 0.29) is 19.7 Å². The summed E-state index contributed by atoms with van der Waals surface area (Å²) in [7, 11) is 0. The Labute approximate surface area is 161 Å². The van der Waals surface area contributed by atoms with Crippen molar-refractivity contribution in [1.29, 1.82) is 0 Å². The molecule has 3 heterocycles. The molecule has 2 aliphatic heterocycles. The van der Waals surface area contributed by atoms with Crippen molar-refractivity contribution in [2.45, 2.75) is 49.4 Å². The number of piperidine rings is 1. The summed E-state index contributed by atoms with van der Waals surface area (Å²) in [5.74, 6) is 0. The number of amides is 1. The zero-order valence-corrected chi connectivity index (χ0v) is 15.0. The first-order chi connectivity index (χ1) is 13.4. The molecule has 2 saturated heterocycles. The van der Waals surface area contributed by atoms with E-state index in [2.05, 4.69) is 9.84 Å².